The SMILES string of the molecule is CC(NC1CCCC1)c1cc(-c2cc(=NC3CC3)n3nc/c(=C/c4[nH]c(=O)[nH]c4O)c3n2)cs1. The van der Waals surface area contributed by atoms with Crippen LogP contribution in [-0.2, 0) is 0 Å². The van der Waals surface area contributed by atoms with Crippen molar-refractivity contribution in [1.29, 1.82) is 0 Å². The van der Waals surface area contributed by atoms with E-state index in [2.05, 4.69) is 38.8 Å². The fraction of sp³-hybridized carbons (Fsp3) is 0.417. The van der Waals surface area contributed by atoms with Gasteiger partial charge in [0.15, 0.2) is 11.1 Å². The lowest BCUT2D eigenvalue weighted by molar-refractivity contribution is 0.454. The van der Waals surface area contributed by atoms with Gasteiger partial charge in [-0.1, -0.05) is 12.8 Å². The molecule has 2 aliphatic rings. The van der Waals surface area contributed by atoms with Gasteiger partial charge in [-0.2, -0.15) is 9.61 Å². The van der Waals surface area contributed by atoms with Gasteiger partial charge in [-0.05, 0) is 44.7 Å². The van der Waals surface area contributed by atoms with Crippen molar-refractivity contribution in [2.24, 2.45) is 4.99 Å². The maximum absolute atomic E-state index is 11.5. The van der Waals surface area contributed by atoms with Crippen LogP contribution in [-0.4, -0.2) is 41.8 Å². The van der Waals surface area contributed by atoms with Crippen LogP contribution in [0.15, 0.2) is 33.5 Å². The van der Waals surface area contributed by atoms with Crippen LogP contribution in [0.3, 0.4) is 0 Å². The van der Waals surface area contributed by atoms with Gasteiger partial charge >= 0.3 is 5.69 Å². The van der Waals surface area contributed by atoms with Gasteiger partial charge in [0.05, 0.1) is 17.9 Å². The highest BCUT2D eigenvalue weighted by molar-refractivity contribution is 7.10. The van der Waals surface area contributed by atoms with Crippen LogP contribution in [0.4, 0.5) is 0 Å². The third kappa shape index (κ3) is 4.19. The predicted molar refractivity (Wildman–Crippen MR) is 131 cm³/mol. The van der Waals surface area contributed by atoms with Crippen LogP contribution in [0.1, 0.15) is 62.1 Å². The molecule has 0 aromatic carbocycles. The Labute approximate surface area is 199 Å². The first-order valence-electron chi connectivity index (χ1n) is 11.8. The molecule has 0 bridgehead atoms. The lowest BCUT2D eigenvalue weighted by atomic mass is 10.1. The van der Waals surface area contributed by atoms with Gasteiger partial charge in [0, 0.05) is 39.2 Å². The van der Waals surface area contributed by atoms with Gasteiger partial charge in [-0.15, -0.1) is 11.3 Å². The fourth-order valence-corrected chi connectivity index (χ4v) is 5.51. The van der Waals surface area contributed by atoms with Crippen LogP contribution in [0.2, 0.25) is 0 Å². The monoisotopic (exact) mass is 477 g/mol. The van der Waals surface area contributed by atoms with E-state index in [1.54, 1.807) is 28.1 Å². The molecule has 2 saturated carbocycles. The Morgan fingerprint density at radius 2 is 2.09 bits per heavy atom. The van der Waals surface area contributed by atoms with E-state index < -0.39 is 5.69 Å². The zero-order chi connectivity index (χ0) is 23.2. The number of H-pyrrole nitrogens is 2. The Morgan fingerprint density at radius 3 is 2.82 bits per heavy atom. The number of aromatic hydroxyl groups is 1. The van der Waals surface area contributed by atoms with Crippen LogP contribution < -0.4 is 21.7 Å². The molecule has 4 N–H and O–H groups in total. The summed E-state index contributed by atoms with van der Waals surface area (Å²) < 4.78 is 1.73. The Hall–Kier alpha value is -3.24. The molecule has 0 spiro atoms. The molecule has 1 unspecified atom stereocenters. The van der Waals surface area contributed by atoms with Crippen LogP contribution in [0, 0.1) is 0 Å². The Kier molecular flexibility index (Phi) is 5.34. The second-order valence-corrected chi connectivity index (χ2v) is 10.2. The summed E-state index contributed by atoms with van der Waals surface area (Å²) in [6.07, 6.45) is 10.7. The molecule has 9 nitrogen and oxygen atoms in total. The number of hydrogen-bond donors (Lipinski definition) is 4. The number of nitrogens with zero attached hydrogens (tertiary/aromatic N) is 4. The lowest BCUT2D eigenvalue weighted by Crippen LogP contribution is -2.28. The van der Waals surface area contributed by atoms with E-state index in [0.29, 0.717) is 29.0 Å². The van der Waals surface area contributed by atoms with Gasteiger partial charge in [-0.3, -0.25) is 9.98 Å². The van der Waals surface area contributed by atoms with E-state index in [0.717, 1.165) is 29.6 Å². The lowest BCUT2D eigenvalue weighted by Gasteiger charge is -2.17. The molecule has 4 heterocycles. The van der Waals surface area contributed by atoms with E-state index in [1.807, 2.05) is 6.07 Å². The molecule has 0 amide bonds. The molecule has 4 aromatic rings. The number of nitrogens with one attached hydrogen (secondary N) is 3. The van der Waals surface area contributed by atoms with Gasteiger partial charge in [0.1, 0.15) is 5.69 Å². The minimum atomic E-state index is -0.468. The molecule has 34 heavy (non-hydrogen) atoms. The molecule has 0 radical (unpaired) electrons. The minimum absolute atomic E-state index is 0.213. The molecular formula is C24H27N7O2S. The number of thiophene rings is 1. The summed E-state index contributed by atoms with van der Waals surface area (Å²) in [6.45, 7) is 2.23. The third-order valence-electron chi connectivity index (χ3n) is 6.56. The van der Waals surface area contributed by atoms with Crippen molar-refractivity contribution >= 4 is 23.1 Å². The summed E-state index contributed by atoms with van der Waals surface area (Å²) in [6, 6.07) is 5.45. The normalized spacial score (nSPS) is 19.0. The molecular weight excluding hydrogens is 450 g/mol. The largest absolute Gasteiger partial charge is 0.493 e. The summed E-state index contributed by atoms with van der Waals surface area (Å²) in [4.78, 5) is 27.5. The van der Waals surface area contributed by atoms with E-state index in [-0.39, 0.29) is 11.6 Å². The minimum Gasteiger partial charge on any atom is -0.493 e. The second-order valence-electron chi connectivity index (χ2n) is 9.29. The number of hydrogen-bond acceptors (Lipinski definition) is 7. The fourth-order valence-electron chi connectivity index (χ4n) is 4.59. The molecule has 0 saturated heterocycles. The number of aromatic amines is 2. The van der Waals surface area contributed by atoms with E-state index in [9.17, 15) is 9.90 Å². The molecule has 6 rings (SSSR count). The van der Waals surface area contributed by atoms with E-state index in [4.69, 9.17) is 9.98 Å². The molecule has 4 aromatic heterocycles. The Balaban J connectivity index is 1.42. The van der Waals surface area contributed by atoms with Crippen LogP contribution in [0.5, 0.6) is 5.88 Å². The molecule has 176 valence electrons. The van der Waals surface area contributed by atoms with Gasteiger partial charge in [0.25, 0.3) is 0 Å². The molecule has 2 fully saturated rings. The summed E-state index contributed by atoms with van der Waals surface area (Å²) in [5, 5.41) is 21.1. The highest BCUT2D eigenvalue weighted by Crippen LogP contribution is 2.30. The quantitative estimate of drug-likeness (QED) is 0.340. The highest BCUT2D eigenvalue weighted by atomic mass is 32.1. The first-order chi connectivity index (χ1) is 16.5. The molecule has 1 atom stereocenters. The first-order valence-corrected chi connectivity index (χ1v) is 12.7. The molecule has 2 aliphatic carbocycles. The summed E-state index contributed by atoms with van der Waals surface area (Å²) in [5.74, 6) is -0.213. The smallest absolute Gasteiger partial charge is 0.326 e. The standard InChI is InChI=1S/C24H27N7O2S/c1-13(26-16-4-2-3-5-16)20-9-15(12-34-20)18-10-21(27-17-6-7-17)31-22(28-18)14(11-25-31)8-19-23(32)30-24(33)29-19/h8-13,16-17,26,32H,2-7H2,1H3,(H2,29,30,33)/b14-8-,27-21?. The maximum Gasteiger partial charge on any atom is 0.326 e. The van der Waals surface area contributed by atoms with Crippen molar-refractivity contribution < 1.29 is 5.11 Å². The van der Waals surface area contributed by atoms with E-state index in [1.165, 1.54) is 30.6 Å². The highest BCUT2D eigenvalue weighted by Gasteiger charge is 2.21. The van der Waals surface area contributed by atoms with Crippen molar-refractivity contribution in [3.05, 3.63) is 55.5 Å². The second kappa shape index (κ2) is 8.52. The zero-order valence-corrected chi connectivity index (χ0v) is 19.7. The molecule has 10 heteroatoms. The van der Waals surface area contributed by atoms with Crippen molar-refractivity contribution in [1.82, 2.24) is 29.9 Å². The Morgan fingerprint density at radius 1 is 1.26 bits per heavy atom. The van der Waals surface area contributed by atoms with Crippen molar-refractivity contribution in [3.63, 3.8) is 0 Å². The van der Waals surface area contributed by atoms with Crippen molar-refractivity contribution in [2.45, 2.75) is 63.6 Å². The zero-order valence-electron chi connectivity index (χ0n) is 18.9. The predicted octanol–water partition coefficient (Wildman–Crippen LogP) is 2.38. The van der Waals surface area contributed by atoms with Crippen LogP contribution >= 0.6 is 11.3 Å². The Bertz CT molecular complexity index is 1520. The van der Waals surface area contributed by atoms with Gasteiger partial charge in [0.2, 0.25) is 5.88 Å². The number of rotatable bonds is 6. The van der Waals surface area contributed by atoms with Crippen molar-refractivity contribution in [3.8, 4) is 17.1 Å². The number of fused-ring (bicyclic) bond motifs is 1. The third-order valence-corrected chi connectivity index (χ3v) is 7.68. The van der Waals surface area contributed by atoms with Crippen LogP contribution in [0.25, 0.3) is 23.0 Å². The summed E-state index contributed by atoms with van der Waals surface area (Å²) in [5.41, 5.74) is 3.10. The number of imidazole rings is 1. The average Bonchev–Trinajstić information content (AvgIpc) is 3.24. The molecule has 0 aliphatic heterocycles. The average molecular weight is 478 g/mol. The van der Waals surface area contributed by atoms with Crippen molar-refractivity contribution in [2.75, 3.05) is 0 Å². The topological polar surface area (TPSA) is 123 Å². The number of aromatic nitrogens is 5. The summed E-state index contributed by atoms with van der Waals surface area (Å²) in [7, 11) is 0. The first kappa shape index (κ1) is 21.3. The van der Waals surface area contributed by atoms with Gasteiger partial charge < -0.3 is 15.4 Å². The van der Waals surface area contributed by atoms with E-state index >= 15 is 0 Å². The summed E-state index contributed by atoms with van der Waals surface area (Å²) >= 11 is 1.75. The van der Waals surface area contributed by atoms with Gasteiger partial charge in [-0.25, -0.2) is 9.78 Å². The maximum atomic E-state index is 11.5.